The highest BCUT2D eigenvalue weighted by molar-refractivity contribution is 5.19. The minimum absolute atomic E-state index is 0.118. The Morgan fingerprint density at radius 3 is 2.50 bits per heavy atom. The Bertz CT molecular complexity index is 283. The molecule has 2 N–H and O–H groups in total. The van der Waals surface area contributed by atoms with Crippen LogP contribution in [0.15, 0.2) is 16.7 Å². The van der Waals surface area contributed by atoms with Crippen LogP contribution in [0, 0.1) is 12.3 Å². The van der Waals surface area contributed by atoms with Crippen molar-refractivity contribution in [2.45, 2.75) is 46.6 Å². The largest absolute Gasteiger partial charge is 0.469 e. The molecule has 0 spiro atoms. The van der Waals surface area contributed by atoms with Gasteiger partial charge in [-0.05, 0) is 31.2 Å². The maximum Gasteiger partial charge on any atom is 0.105 e. The fourth-order valence-corrected chi connectivity index (χ4v) is 1.52. The van der Waals surface area contributed by atoms with Crippen molar-refractivity contribution in [2.24, 2.45) is 11.1 Å². The minimum Gasteiger partial charge on any atom is -0.469 e. The van der Waals surface area contributed by atoms with Crippen LogP contribution >= 0.6 is 0 Å². The molecule has 0 aliphatic rings. The highest BCUT2D eigenvalue weighted by Gasteiger charge is 2.16. The number of nitrogens with two attached hydrogens (primary N) is 1. The van der Waals surface area contributed by atoms with Crippen LogP contribution in [-0.2, 0) is 0 Å². The second-order valence-electron chi connectivity index (χ2n) is 5.14. The summed E-state index contributed by atoms with van der Waals surface area (Å²) in [6, 6.07) is 2.09. The first-order valence-corrected chi connectivity index (χ1v) is 5.20. The van der Waals surface area contributed by atoms with Gasteiger partial charge >= 0.3 is 0 Å². The maximum absolute atomic E-state index is 6.09. The number of hydrogen-bond donors (Lipinski definition) is 1. The van der Waals surface area contributed by atoms with Crippen LogP contribution in [0.4, 0.5) is 0 Å². The fourth-order valence-electron chi connectivity index (χ4n) is 1.52. The van der Waals surface area contributed by atoms with Gasteiger partial charge in [-0.15, -0.1) is 0 Å². The Kier molecular flexibility index (Phi) is 3.38. The molecule has 2 heteroatoms. The van der Waals surface area contributed by atoms with Gasteiger partial charge in [0, 0.05) is 11.6 Å². The van der Waals surface area contributed by atoms with E-state index in [9.17, 15) is 0 Å². The van der Waals surface area contributed by atoms with Crippen molar-refractivity contribution in [3.8, 4) is 0 Å². The van der Waals surface area contributed by atoms with Gasteiger partial charge in [-0.3, -0.25) is 0 Å². The molecule has 0 amide bonds. The summed E-state index contributed by atoms with van der Waals surface area (Å²) in [4.78, 5) is 0. The van der Waals surface area contributed by atoms with Crippen molar-refractivity contribution < 1.29 is 4.42 Å². The van der Waals surface area contributed by atoms with E-state index in [0.29, 0.717) is 5.41 Å². The van der Waals surface area contributed by atoms with Crippen molar-refractivity contribution >= 4 is 0 Å². The zero-order valence-electron chi connectivity index (χ0n) is 9.63. The van der Waals surface area contributed by atoms with E-state index in [2.05, 4.69) is 20.8 Å². The van der Waals surface area contributed by atoms with E-state index in [4.69, 9.17) is 10.2 Å². The summed E-state index contributed by atoms with van der Waals surface area (Å²) in [5.41, 5.74) is 7.59. The first kappa shape index (κ1) is 11.3. The van der Waals surface area contributed by atoms with Gasteiger partial charge in [-0.1, -0.05) is 20.8 Å². The van der Waals surface area contributed by atoms with E-state index in [1.54, 1.807) is 6.26 Å². The summed E-state index contributed by atoms with van der Waals surface area (Å²) in [6.45, 7) is 8.68. The third-order valence-corrected chi connectivity index (χ3v) is 2.50. The molecule has 1 rings (SSSR count). The van der Waals surface area contributed by atoms with Gasteiger partial charge in [0.15, 0.2) is 0 Å². The Morgan fingerprint density at radius 2 is 2.07 bits per heavy atom. The molecule has 0 saturated carbocycles. The molecule has 0 aliphatic carbocycles. The third kappa shape index (κ3) is 3.18. The normalized spacial score (nSPS) is 14.4. The first-order chi connectivity index (χ1) is 6.40. The summed E-state index contributed by atoms with van der Waals surface area (Å²) < 4.78 is 5.24. The van der Waals surface area contributed by atoms with E-state index < -0.39 is 0 Å². The van der Waals surface area contributed by atoms with Crippen LogP contribution in [0.3, 0.4) is 0 Å². The molecule has 0 aliphatic heterocycles. The van der Waals surface area contributed by atoms with E-state index in [1.165, 1.54) is 0 Å². The summed E-state index contributed by atoms with van der Waals surface area (Å²) in [5, 5.41) is 0. The lowest BCUT2D eigenvalue weighted by Gasteiger charge is -2.20. The average Bonchev–Trinajstić information content (AvgIpc) is 2.46. The van der Waals surface area contributed by atoms with Crippen LogP contribution in [0.1, 0.15) is 51.0 Å². The van der Waals surface area contributed by atoms with E-state index >= 15 is 0 Å². The molecule has 0 fully saturated rings. The molecule has 14 heavy (non-hydrogen) atoms. The van der Waals surface area contributed by atoms with E-state index in [-0.39, 0.29) is 6.04 Å². The second-order valence-corrected chi connectivity index (χ2v) is 5.14. The number of hydrogen-bond acceptors (Lipinski definition) is 2. The summed E-state index contributed by atoms with van der Waals surface area (Å²) in [7, 11) is 0. The molecular weight excluding hydrogens is 174 g/mol. The lowest BCUT2D eigenvalue weighted by molar-refractivity contribution is 0.348. The summed E-state index contributed by atoms with van der Waals surface area (Å²) >= 11 is 0. The number of rotatable bonds is 3. The molecule has 1 atom stereocenters. The van der Waals surface area contributed by atoms with Gasteiger partial charge in [0.2, 0.25) is 0 Å². The van der Waals surface area contributed by atoms with Gasteiger partial charge in [-0.25, -0.2) is 0 Å². The van der Waals surface area contributed by atoms with Crippen LogP contribution in [0.5, 0.6) is 0 Å². The molecule has 80 valence electrons. The Morgan fingerprint density at radius 1 is 1.43 bits per heavy atom. The molecule has 0 bridgehead atoms. The minimum atomic E-state index is 0.118. The van der Waals surface area contributed by atoms with Gasteiger partial charge < -0.3 is 10.2 Å². The zero-order valence-corrected chi connectivity index (χ0v) is 9.63. The fraction of sp³-hybridized carbons (Fsp3) is 0.667. The maximum atomic E-state index is 6.09. The predicted octanol–water partition coefficient (Wildman–Crippen LogP) is 3.41. The predicted molar refractivity (Wildman–Crippen MR) is 59.1 cm³/mol. The average molecular weight is 195 g/mol. The SMILES string of the molecule is Cc1occc1C(N)CCC(C)(C)C. The smallest absolute Gasteiger partial charge is 0.105 e. The van der Waals surface area contributed by atoms with Crippen molar-refractivity contribution in [3.05, 3.63) is 23.7 Å². The van der Waals surface area contributed by atoms with E-state index in [0.717, 1.165) is 24.2 Å². The van der Waals surface area contributed by atoms with Crippen LogP contribution < -0.4 is 5.73 Å². The van der Waals surface area contributed by atoms with Gasteiger partial charge in [0.05, 0.1) is 6.26 Å². The van der Waals surface area contributed by atoms with Gasteiger partial charge in [-0.2, -0.15) is 0 Å². The monoisotopic (exact) mass is 195 g/mol. The topological polar surface area (TPSA) is 39.2 Å². The Balaban J connectivity index is 2.51. The third-order valence-electron chi connectivity index (χ3n) is 2.50. The second kappa shape index (κ2) is 4.18. The van der Waals surface area contributed by atoms with Gasteiger partial charge in [0.25, 0.3) is 0 Å². The molecular formula is C12H21NO. The molecule has 0 aromatic carbocycles. The van der Waals surface area contributed by atoms with Crippen molar-refractivity contribution in [3.63, 3.8) is 0 Å². The zero-order chi connectivity index (χ0) is 10.8. The molecule has 1 aromatic rings. The molecule has 2 nitrogen and oxygen atoms in total. The van der Waals surface area contributed by atoms with Crippen LogP contribution in [-0.4, -0.2) is 0 Å². The molecule has 1 aromatic heterocycles. The molecule has 0 radical (unpaired) electrons. The van der Waals surface area contributed by atoms with Crippen molar-refractivity contribution in [2.75, 3.05) is 0 Å². The highest BCUT2D eigenvalue weighted by Crippen LogP contribution is 2.27. The summed E-state index contributed by atoms with van der Waals surface area (Å²) in [6.07, 6.45) is 3.87. The number of furan rings is 1. The van der Waals surface area contributed by atoms with Crippen molar-refractivity contribution in [1.29, 1.82) is 0 Å². The quantitative estimate of drug-likeness (QED) is 0.802. The lowest BCUT2D eigenvalue weighted by Crippen LogP contribution is -2.14. The Hall–Kier alpha value is -0.760. The Labute approximate surface area is 86.5 Å². The van der Waals surface area contributed by atoms with E-state index in [1.807, 2.05) is 13.0 Å². The van der Waals surface area contributed by atoms with Crippen LogP contribution in [0.25, 0.3) is 0 Å². The first-order valence-electron chi connectivity index (χ1n) is 5.20. The summed E-state index contributed by atoms with van der Waals surface area (Å²) in [5.74, 6) is 0.950. The molecule has 1 heterocycles. The van der Waals surface area contributed by atoms with Crippen molar-refractivity contribution in [1.82, 2.24) is 0 Å². The molecule has 1 unspecified atom stereocenters. The highest BCUT2D eigenvalue weighted by atomic mass is 16.3. The van der Waals surface area contributed by atoms with Gasteiger partial charge in [0.1, 0.15) is 5.76 Å². The van der Waals surface area contributed by atoms with Crippen LogP contribution in [0.2, 0.25) is 0 Å². The molecule has 0 saturated heterocycles. The standard InChI is InChI=1S/C12H21NO/c1-9-10(6-8-14-9)11(13)5-7-12(2,3)4/h6,8,11H,5,7,13H2,1-4H3. The lowest BCUT2D eigenvalue weighted by atomic mass is 9.87. The number of aryl methyl sites for hydroxylation is 1.